The molecule has 2 aliphatic rings. The highest BCUT2D eigenvalue weighted by Crippen LogP contribution is 2.60. The number of nitrogens with zero attached hydrogens (tertiary/aromatic N) is 4. The molecule has 2 saturated carbocycles. The van der Waals surface area contributed by atoms with Crippen molar-refractivity contribution in [2.24, 2.45) is 18.4 Å². The Morgan fingerprint density at radius 2 is 1.88 bits per heavy atom. The van der Waals surface area contributed by atoms with E-state index in [0.29, 0.717) is 28.6 Å². The van der Waals surface area contributed by atoms with Crippen LogP contribution in [0, 0.1) is 17.2 Å². The van der Waals surface area contributed by atoms with Crippen LogP contribution >= 0.6 is 11.6 Å². The highest BCUT2D eigenvalue weighted by Gasteiger charge is 2.53. The quantitative estimate of drug-likeness (QED) is 0.141. The van der Waals surface area contributed by atoms with E-state index < -0.39 is 28.7 Å². The van der Waals surface area contributed by atoms with Crippen LogP contribution in [0.3, 0.4) is 0 Å². The molecule has 2 fully saturated rings. The lowest BCUT2D eigenvalue weighted by molar-refractivity contribution is -0.156. The van der Waals surface area contributed by atoms with E-state index in [9.17, 15) is 14.4 Å². The number of carbonyl (C=O) groups excluding carboxylic acids is 3. The summed E-state index contributed by atoms with van der Waals surface area (Å²) < 4.78 is 24.1. The maximum absolute atomic E-state index is 17.1. The van der Waals surface area contributed by atoms with Crippen LogP contribution in [0.4, 0.5) is 4.39 Å². The molecule has 2 heterocycles. The molecule has 278 valence electrons. The van der Waals surface area contributed by atoms with Gasteiger partial charge in [0.1, 0.15) is 22.6 Å². The molecule has 2 aliphatic carbocycles. The van der Waals surface area contributed by atoms with Crippen LogP contribution < -0.4 is 10.6 Å². The van der Waals surface area contributed by atoms with Gasteiger partial charge in [0.15, 0.2) is 5.82 Å². The molecule has 6 rings (SSSR count). The second kappa shape index (κ2) is 14.3. The van der Waals surface area contributed by atoms with Gasteiger partial charge >= 0.3 is 0 Å². The van der Waals surface area contributed by atoms with Crippen molar-refractivity contribution in [1.29, 1.82) is 0 Å². The van der Waals surface area contributed by atoms with Crippen molar-refractivity contribution in [1.82, 2.24) is 35.3 Å². The Kier molecular flexibility index (Phi) is 10.3. The summed E-state index contributed by atoms with van der Waals surface area (Å²) >= 11 is 6.82. The van der Waals surface area contributed by atoms with Crippen LogP contribution in [0.5, 0.6) is 0 Å². The van der Waals surface area contributed by atoms with Crippen molar-refractivity contribution in [3.8, 4) is 0 Å². The topological polar surface area (TPSA) is 134 Å². The molecule has 4 aromatic rings. The number of rotatable bonds is 14. The number of H-pyrrole nitrogens is 1. The molecule has 2 aromatic heterocycles. The molecule has 52 heavy (non-hydrogen) atoms. The van der Waals surface area contributed by atoms with Gasteiger partial charge in [-0.1, -0.05) is 49.2 Å². The minimum Gasteiger partial charge on any atom is -0.383 e. The Balaban J connectivity index is 1.45. The van der Waals surface area contributed by atoms with E-state index in [1.54, 1.807) is 52.3 Å². The number of aromatic amines is 1. The van der Waals surface area contributed by atoms with Crippen LogP contribution in [0.25, 0.3) is 11.0 Å². The Morgan fingerprint density at radius 3 is 2.46 bits per heavy atom. The van der Waals surface area contributed by atoms with Gasteiger partial charge in [-0.05, 0) is 81.5 Å². The number of nitrogens with one attached hydrogen (secondary N) is 3. The molecule has 3 amide bonds. The molecule has 2 unspecified atom stereocenters. The maximum atomic E-state index is 17.1. The van der Waals surface area contributed by atoms with E-state index in [0.717, 1.165) is 37.7 Å². The zero-order chi connectivity index (χ0) is 37.6. The molecule has 0 aliphatic heterocycles. The summed E-state index contributed by atoms with van der Waals surface area (Å²) in [4.78, 5) is 51.6. The minimum atomic E-state index is -1.51. The van der Waals surface area contributed by atoms with Crippen LogP contribution in [0.2, 0.25) is 5.02 Å². The Hall–Kier alpha value is -4.29. The van der Waals surface area contributed by atoms with Gasteiger partial charge in [0.25, 0.3) is 5.91 Å². The number of benzene rings is 2. The number of hydrogen-bond acceptors (Lipinski definition) is 6. The molecule has 13 heteroatoms. The molecule has 0 saturated heterocycles. The molecular formula is C39H49ClFN7O4. The zero-order valence-electron chi connectivity index (χ0n) is 31.0. The standard InChI is InChI=1S/C39H49ClFN7O4/c1-8-42-35(50)39(4,23-12-11-13-23)47(5)36(51)38(3,22-52-7)25-16-17-27-31(30(25)41)45-33(44-27)32(46-34(49)28-18-21-43-48(28)6)29(37(2)19-20-37)24-14-9-10-15-26(24)40/h9-10,14-18,21,23,29,32H,8,11-13,19-20,22H2,1-7H3,(H,42,50)(H,44,45)(H,46,49)/t29-,32-,38?,39?/m0/s1. The smallest absolute Gasteiger partial charge is 0.270 e. The molecule has 0 radical (unpaired) electrons. The fourth-order valence-electron chi connectivity index (χ4n) is 7.99. The van der Waals surface area contributed by atoms with Gasteiger partial charge < -0.3 is 25.3 Å². The normalized spacial score (nSPS) is 18.8. The first kappa shape index (κ1) is 37.5. The lowest BCUT2D eigenvalue weighted by atomic mass is 9.69. The second-order valence-electron chi connectivity index (χ2n) is 15.2. The molecule has 0 bridgehead atoms. The van der Waals surface area contributed by atoms with E-state index >= 15 is 4.39 Å². The van der Waals surface area contributed by atoms with Crippen LogP contribution in [-0.4, -0.2) is 75.2 Å². The van der Waals surface area contributed by atoms with Gasteiger partial charge in [-0.15, -0.1) is 0 Å². The average Bonchev–Trinajstić information content (AvgIpc) is 3.45. The number of methoxy groups -OCH3 is 1. The Bertz CT molecular complexity index is 1990. The van der Waals surface area contributed by atoms with Gasteiger partial charge in [0.2, 0.25) is 11.8 Å². The van der Waals surface area contributed by atoms with Crippen molar-refractivity contribution in [3.63, 3.8) is 0 Å². The summed E-state index contributed by atoms with van der Waals surface area (Å²) in [5.41, 5.74) is -1.14. The second-order valence-corrected chi connectivity index (χ2v) is 15.6. The molecule has 0 spiro atoms. The van der Waals surface area contributed by atoms with Gasteiger partial charge in [-0.2, -0.15) is 5.10 Å². The Morgan fingerprint density at radius 1 is 1.17 bits per heavy atom. The predicted molar refractivity (Wildman–Crippen MR) is 197 cm³/mol. The monoisotopic (exact) mass is 733 g/mol. The highest BCUT2D eigenvalue weighted by molar-refractivity contribution is 6.31. The summed E-state index contributed by atoms with van der Waals surface area (Å²) in [5.74, 6) is -1.71. The van der Waals surface area contributed by atoms with Crippen molar-refractivity contribution >= 4 is 40.4 Å². The molecule has 4 atom stereocenters. The summed E-state index contributed by atoms with van der Waals surface area (Å²) in [6.07, 6.45) is 5.96. The Labute approximate surface area is 309 Å². The first-order valence-corrected chi connectivity index (χ1v) is 18.4. The number of imidazole rings is 1. The van der Waals surface area contributed by atoms with Gasteiger partial charge in [0, 0.05) is 50.5 Å². The highest BCUT2D eigenvalue weighted by atomic mass is 35.5. The fraction of sp³-hybridized carbons (Fsp3) is 0.513. The third-order valence-electron chi connectivity index (χ3n) is 11.8. The first-order chi connectivity index (χ1) is 24.7. The van der Waals surface area contributed by atoms with Crippen LogP contribution in [0.1, 0.15) is 99.2 Å². The van der Waals surface area contributed by atoms with Gasteiger partial charge in [-0.3, -0.25) is 19.1 Å². The summed E-state index contributed by atoms with van der Waals surface area (Å²) in [6, 6.07) is 11.7. The lowest BCUT2D eigenvalue weighted by Crippen LogP contribution is -2.65. The summed E-state index contributed by atoms with van der Waals surface area (Å²) in [5, 5.41) is 10.8. The maximum Gasteiger partial charge on any atom is 0.270 e. The molecule has 2 aromatic carbocycles. The van der Waals surface area contributed by atoms with E-state index in [1.165, 1.54) is 16.7 Å². The third-order valence-corrected chi connectivity index (χ3v) is 12.2. The average molecular weight is 734 g/mol. The molecule has 11 nitrogen and oxygen atoms in total. The van der Waals surface area contributed by atoms with Gasteiger partial charge in [-0.25, -0.2) is 9.37 Å². The van der Waals surface area contributed by atoms with Crippen molar-refractivity contribution in [2.75, 3.05) is 27.3 Å². The number of hydrogen-bond donors (Lipinski definition) is 3. The van der Waals surface area contributed by atoms with Crippen LogP contribution in [0.15, 0.2) is 48.7 Å². The summed E-state index contributed by atoms with van der Waals surface area (Å²) in [7, 11) is 4.78. The molecular weight excluding hydrogens is 685 g/mol. The first-order valence-electron chi connectivity index (χ1n) is 18.0. The number of likely N-dealkylation sites (N-methyl/N-ethyl adjacent to an activating group) is 2. The number of amides is 3. The number of fused-ring (bicyclic) bond motifs is 1. The van der Waals surface area contributed by atoms with Crippen molar-refractivity contribution in [2.45, 2.75) is 82.7 Å². The van der Waals surface area contributed by atoms with Gasteiger partial charge in [0.05, 0.1) is 23.6 Å². The largest absolute Gasteiger partial charge is 0.383 e. The van der Waals surface area contributed by atoms with Crippen molar-refractivity contribution in [3.05, 3.63) is 82.1 Å². The summed E-state index contributed by atoms with van der Waals surface area (Å²) in [6.45, 7) is 7.72. The number of carbonyl (C=O) groups is 3. The number of ether oxygens (including phenoxy) is 1. The van der Waals surface area contributed by atoms with E-state index in [1.807, 2.05) is 31.2 Å². The zero-order valence-corrected chi connectivity index (χ0v) is 31.7. The SMILES string of the molecule is CCNC(=O)C(C)(C1CCC1)N(C)C(=O)C(C)(COC)c1ccc2[nH]c([C@@H](NC(=O)c3ccnn3C)[C@H](c3ccccc3Cl)C3(C)CC3)nc2c1F. The fourth-order valence-corrected chi connectivity index (χ4v) is 8.25. The van der Waals surface area contributed by atoms with E-state index in [2.05, 4.69) is 27.6 Å². The number of halogens is 2. The minimum absolute atomic E-state index is 0.0226. The van der Waals surface area contributed by atoms with Crippen LogP contribution in [-0.2, 0) is 26.8 Å². The number of aryl methyl sites for hydroxylation is 1. The number of aromatic nitrogens is 4. The predicted octanol–water partition coefficient (Wildman–Crippen LogP) is 6.20. The van der Waals surface area contributed by atoms with E-state index in [4.69, 9.17) is 21.3 Å². The van der Waals surface area contributed by atoms with E-state index in [-0.39, 0.29) is 46.8 Å². The molecule has 3 N–H and O–H groups in total. The third kappa shape index (κ3) is 6.38. The van der Waals surface area contributed by atoms with Crippen molar-refractivity contribution < 1.29 is 23.5 Å². The lowest BCUT2D eigenvalue weighted by Gasteiger charge is -2.49.